The quantitative estimate of drug-likeness (QED) is 0.593. The van der Waals surface area contributed by atoms with E-state index in [1.807, 2.05) is 26.0 Å². The van der Waals surface area contributed by atoms with Gasteiger partial charge in [0.25, 0.3) is 0 Å². The Balaban J connectivity index is 3.02. The summed E-state index contributed by atoms with van der Waals surface area (Å²) in [5.74, 6) is 0.144. The Labute approximate surface area is 84.8 Å². The van der Waals surface area contributed by atoms with Gasteiger partial charge in [-0.1, -0.05) is 19.1 Å². The van der Waals surface area contributed by atoms with Gasteiger partial charge in [-0.05, 0) is 13.8 Å². The van der Waals surface area contributed by atoms with Crippen LogP contribution in [0.15, 0.2) is 12.2 Å². The van der Waals surface area contributed by atoms with Crippen molar-refractivity contribution in [3.05, 3.63) is 12.2 Å². The fraction of sp³-hybridized carbons (Fsp3) is 0.636. The summed E-state index contributed by atoms with van der Waals surface area (Å²) in [6.07, 6.45) is 3.99. The van der Waals surface area contributed by atoms with E-state index in [9.17, 15) is 9.59 Å². The smallest absolute Gasteiger partial charge is 0.220 e. The van der Waals surface area contributed by atoms with Crippen LogP contribution in [0.4, 0.5) is 0 Å². The van der Waals surface area contributed by atoms with Crippen LogP contribution in [0.1, 0.15) is 27.7 Å². The van der Waals surface area contributed by atoms with Gasteiger partial charge < -0.3 is 4.90 Å². The summed E-state index contributed by atoms with van der Waals surface area (Å²) in [4.78, 5) is 24.5. The Morgan fingerprint density at radius 1 is 1.14 bits per heavy atom. The average Bonchev–Trinajstić information content (AvgIpc) is 2.07. The first-order chi connectivity index (χ1) is 6.45. The summed E-state index contributed by atoms with van der Waals surface area (Å²) in [7, 11) is 0. The third kappa shape index (κ3) is 1.86. The van der Waals surface area contributed by atoms with Gasteiger partial charge in [-0.15, -0.1) is 0 Å². The Kier molecular flexibility index (Phi) is 3.09. The van der Waals surface area contributed by atoms with Gasteiger partial charge in [0.05, 0.1) is 6.04 Å². The molecule has 0 saturated carbocycles. The molecule has 0 aromatic heterocycles. The van der Waals surface area contributed by atoms with Crippen LogP contribution in [0.25, 0.3) is 0 Å². The summed E-state index contributed by atoms with van der Waals surface area (Å²) >= 11 is 0. The molecule has 1 aliphatic heterocycles. The van der Waals surface area contributed by atoms with E-state index in [0.717, 1.165) is 0 Å². The van der Waals surface area contributed by atoms with E-state index >= 15 is 0 Å². The molecule has 3 heteroatoms. The lowest BCUT2D eigenvalue weighted by atomic mass is 9.90. The van der Waals surface area contributed by atoms with Crippen molar-refractivity contribution in [1.29, 1.82) is 0 Å². The zero-order valence-corrected chi connectivity index (χ0v) is 9.15. The molecule has 3 atom stereocenters. The van der Waals surface area contributed by atoms with Crippen molar-refractivity contribution < 1.29 is 9.59 Å². The minimum absolute atomic E-state index is 0.0256. The van der Waals surface area contributed by atoms with E-state index in [4.69, 9.17) is 0 Å². The summed E-state index contributed by atoms with van der Waals surface area (Å²) in [5, 5.41) is 0. The van der Waals surface area contributed by atoms with Gasteiger partial charge in [0, 0.05) is 18.9 Å². The van der Waals surface area contributed by atoms with Gasteiger partial charge in [-0.25, -0.2) is 0 Å². The highest BCUT2D eigenvalue weighted by Gasteiger charge is 2.34. The van der Waals surface area contributed by atoms with Crippen molar-refractivity contribution in [2.75, 3.05) is 0 Å². The second kappa shape index (κ2) is 3.95. The Bertz CT molecular complexity index is 255. The van der Waals surface area contributed by atoms with Crippen LogP contribution in [-0.4, -0.2) is 28.7 Å². The van der Waals surface area contributed by atoms with Crippen molar-refractivity contribution in [3.63, 3.8) is 0 Å². The van der Waals surface area contributed by atoms with Gasteiger partial charge >= 0.3 is 0 Å². The molecule has 1 rings (SSSR count). The number of rotatable bonds is 1. The molecular weight excluding hydrogens is 178 g/mol. The van der Waals surface area contributed by atoms with Gasteiger partial charge in [-0.3, -0.25) is 9.59 Å². The number of amides is 1. The molecular formula is C11H17NO2. The van der Waals surface area contributed by atoms with Crippen LogP contribution < -0.4 is 0 Å². The van der Waals surface area contributed by atoms with Gasteiger partial charge in [0.2, 0.25) is 5.91 Å². The highest BCUT2D eigenvalue weighted by Crippen LogP contribution is 2.22. The molecule has 0 fully saturated rings. The van der Waals surface area contributed by atoms with Gasteiger partial charge in [0.1, 0.15) is 0 Å². The van der Waals surface area contributed by atoms with E-state index in [1.54, 1.807) is 11.8 Å². The van der Waals surface area contributed by atoms with Gasteiger partial charge in [0.15, 0.2) is 5.78 Å². The number of hydrogen-bond donors (Lipinski definition) is 0. The lowest BCUT2D eigenvalue weighted by molar-refractivity contribution is -0.140. The fourth-order valence-corrected chi connectivity index (χ4v) is 2.09. The molecule has 3 unspecified atom stereocenters. The largest absolute Gasteiger partial charge is 0.326 e. The second-order valence-electron chi connectivity index (χ2n) is 3.97. The minimum Gasteiger partial charge on any atom is -0.326 e. The minimum atomic E-state index is -0.285. The zero-order valence-electron chi connectivity index (χ0n) is 9.15. The van der Waals surface area contributed by atoms with Crippen molar-refractivity contribution in [1.82, 2.24) is 4.90 Å². The van der Waals surface area contributed by atoms with E-state index in [1.165, 1.54) is 6.92 Å². The normalized spacial score (nSPS) is 31.7. The van der Waals surface area contributed by atoms with E-state index in [-0.39, 0.29) is 29.7 Å². The summed E-state index contributed by atoms with van der Waals surface area (Å²) in [6.45, 7) is 6.95. The molecule has 0 aromatic carbocycles. The topological polar surface area (TPSA) is 37.4 Å². The molecule has 0 N–H and O–H groups in total. The van der Waals surface area contributed by atoms with Crippen molar-refractivity contribution in [2.45, 2.75) is 39.8 Å². The number of carbonyl (C=O) groups excluding carboxylic acids is 2. The highest BCUT2D eigenvalue weighted by molar-refractivity contribution is 5.87. The molecule has 1 amide bonds. The molecule has 1 heterocycles. The first-order valence-electron chi connectivity index (χ1n) is 4.92. The second-order valence-corrected chi connectivity index (χ2v) is 3.97. The van der Waals surface area contributed by atoms with Crippen LogP contribution in [0.5, 0.6) is 0 Å². The third-order valence-electron chi connectivity index (χ3n) is 2.71. The molecule has 3 nitrogen and oxygen atoms in total. The molecule has 1 aliphatic rings. The summed E-state index contributed by atoms with van der Waals surface area (Å²) in [5.41, 5.74) is 0. The molecule has 0 saturated heterocycles. The maximum Gasteiger partial charge on any atom is 0.220 e. The maximum absolute atomic E-state index is 11.4. The monoisotopic (exact) mass is 195 g/mol. The van der Waals surface area contributed by atoms with Crippen molar-refractivity contribution >= 4 is 11.7 Å². The number of hydrogen-bond acceptors (Lipinski definition) is 2. The lowest BCUT2D eigenvalue weighted by Gasteiger charge is -2.39. The van der Waals surface area contributed by atoms with Gasteiger partial charge in [-0.2, -0.15) is 0 Å². The highest BCUT2D eigenvalue weighted by atomic mass is 16.2. The van der Waals surface area contributed by atoms with Crippen LogP contribution in [0, 0.1) is 5.92 Å². The molecule has 0 spiro atoms. The number of ketones is 1. The maximum atomic E-state index is 11.4. The van der Waals surface area contributed by atoms with Crippen LogP contribution in [0.3, 0.4) is 0 Å². The Hall–Kier alpha value is -1.12. The third-order valence-corrected chi connectivity index (χ3v) is 2.71. The number of nitrogens with zero attached hydrogens (tertiary/aromatic N) is 1. The first kappa shape index (κ1) is 11.0. The standard InChI is InChI=1S/C11H17NO2/c1-7-5-6-8(2)12(10(4)14)11(7)9(3)13/h5-8,11H,1-4H3. The van der Waals surface area contributed by atoms with Crippen LogP contribution >= 0.6 is 0 Å². The summed E-state index contributed by atoms with van der Waals surface area (Å²) in [6, 6.07) is -0.259. The zero-order chi connectivity index (χ0) is 10.9. The Morgan fingerprint density at radius 2 is 1.71 bits per heavy atom. The Morgan fingerprint density at radius 3 is 2.07 bits per heavy atom. The molecule has 0 aliphatic carbocycles. The molecule has 78 valence electrons. The molecule has 0 radical (unpaired) electrons. The number of Topliss-reactive ketones (excluding diaryl/α,β-unsaturated/α-hetero) is 1. The lowest BCUT2D eigenvalue weighted by Crippen LogP contribution is -2.52. The first-order valence-corrected chi connectivity index (χ1v) is 4.92. The van der Waals surface area contributed by atoms with Crippen LogP contribution in [0.2, 0.25) is 0 Å². The summed E-state index contributed by atoms with van der Waals surface area (Å²) < 4.78 is 0. The predicted octanol–water partition coefficient (Wildman–Crippen LogP) is 1.39. The predicted molar refractivity (Wildman–Crippen MR) is 54.8 cm³/mol. The molecule has 0 bridgehead atoms. The number of carbonyl (C=O) groups is 2. The SMILES string of the molecule is CC(=O)C1C(C)C=CC(C)N1C(C)=O. The van der Waals surface area contributed by atoms with Crippen LogP contribution in [-0.2, 0) is 9.59 Å². The molecule has 14 heavy (non-hydrogen) atoms. The van der Waals surface area contributed by atoms with Crippen molar-refractivity contribution in [3.8, 4) is 0 Å². The van der Waals surface area contributed by atoms with Crippen molar-refractivity contribution in [2.24, 2.45) is 5.92 Å². The van der Waals surface area contributed by atoms with E-state index in [0.29, 0.717) is 0 Å². The molecule has 0 aromatic rings. The average molecular weight is 195 g/mol. The van der Waals surface area contributed by atoms with E-state index in [2.05, 4.69) is 0 Å². The fourth-order valence-electron chi connectivity index (χ4n) is 2.09. The van der Waals surface area contributed by atoms with E-state index < -0.39 is 0 Å².